The molecule has 6 nitrogen and oxygen atoms in total. The van der Waals surface area contributed by atoms with E-state index in [1.807, 2.05) is 0 Å². The lowest BCUT2D eigenvalue weighted by Crippen LogP contribution is -2.39. The second-order valence-electron chi connectivity index (χ2n) is 4.89. The molecule has 1 aliphatic rings. The van der Waals surface area contributed by atoms with Gasteiger partial charge < -0.3 is 10.5 Å². The average Bonchev–Trinajstić information content (AvgIpc) is 2.97. The third-order valence-corrected chi connectivity index (χ3v) is 5.53. The Kier molecular flexibility index (Phi) is 6.80. The first-order valence-electron chi connectivity index (χ1n) is 6.99. The van der Waals surface area contributed by atoms with Gasteiger partial charge in [-0.25, -0.2) is 13.2 Å². The number of esters is 1. The molecule has 0 saturated carbocycles. The Morgan fingerprint density at radius 3 is 2.55 bits per heavy atom. The van der Waals surface area contributed by atoms with Gasteiger partial charge in [-0.15, -0.1) is 12.4 Å². The van der Waals surface area contributed by atoms with Crippen molar-refractivity contribution >= 4 is 28.4 Å². The lowest BCUT2D eigenvalue weighted by molar-refractivity contribution is 0.0526. The van der Waals surface area contributed by atoms with Crippen LogP contribution >= 0.6 is 12.4 Å². The van der Waals surface area contributed by atoms with E-state index in [0.29, 0.717) is 18.7 Å². The van der Waals surface area contributed by atoms with Crippen LogP contribution in [0.1, 0.15) is 30.1 Å². The van der Waals surface area contributed by atoms with Gasteiger partial charge in [0.15, 0.2) is 0 Å². The molecule has 1 unspecified atom stereocenters. The van der Waals surface area contributed by atoms with Crippen molar-refractivity contribution in [2.75, 3.05) is 19.7 Å². The Morgan fingerprint density at radius 1 is 1.36 bits per heavy atom. The number of hydrogen-bond acceptors (Lipinski definition) is 5. The molecule has 1 heterocycles. The number of carbonyl (C=O) groups excluding carboxylic acids is 1. The highest BCUT2D eigenvalue weighted by Gasteiger charge is 2.34. The van der Waals surface area contributed by atoms with E-state index < -0.39 is 16.0 Å². The van der Waals surface area contributed by atoms with Crippen LogP contribution in [0.2, 0.25) is 0 Å². The van der Waals surface area contributed by atoms with Crippen molar-refractivity contribution in [3.63, 3.8) is 0 Å². The van der Waals surface area contributed by atoms with E-state index in [1.54, 1.807) is 6.92 Å². The first-order chi connectivity index (χ1) is 10.0. The maximum absolute atomic E-state index is 12.6. The maximum atomic E-state index is 12.6. The Bertz CT molecular complexity index is 604. The van der Waals surface area contributed by atoms with E-state index in [-0.39, 0.29) is 30.0 Å². The zero-order chi connectivity index (χ0) is 15.5. The van der Waals surface area contributed by atoms with Crippen molar-refractivity contribution in [3.05, 3.63) is 29.8 Å². The molecule has 0 bridgehead atoms. The summed E-state index contributed by atoms with van der Waals surface area (Å²) in [6, 6.07) is 5.68. The highest BCUT2D eigenvalue weighted by atomic mass is 35.5. The van der Waals surface area contributed by atoms with Gasteiger partial charge in [-0.05, 0) is 44.0 Å². The van der Waals surface area contributed by atoms with Crippen LogP contribution in [0, 0.1) is 0 Å². The molecule has 0 aromatic heterocycles. The molecule has 1 aromatic rings. The topological polar surface area (TPSA) is 89.7 Å². The van der Waals surface area contributed by atoms with E-state index in [9.17, 15) is 13.2 Å². The molecular formula is C14H21ClN2O4S. The molecule has 124 valence electrons. The van der Waals surface area contributed by atoms with Gasteiger partial charge >= 0.3 is 5.97 Å². The second-order valence-corrected chi connectivity index (χ2v) is 6.78. The summed E-state index contributed by atoms with van der Waals surface area (Å²) in [6.07, 6.45) is 1.61. The normalized spacial score (nSPS) is 18.7. The number of sulfonamides is 1. The van der Waals surface area contributed by atoms with Gasteiger partial charge in [0.25, 0.3) is 0 Å². The number of benzene rings is 1. The van der Waals surface area contributed by atoms with Crippen LogP contribution in [0.25, 0.3) is 0 Å². The number of nitrogens with two attached hydrogens (primary N) is 1. The number of halogens is 1. The van der Waals surface area contributed by atoms with Gasteiger partial charge in [-0.3, -0.25) is 0 Å². The van der Waals surface area contributed by atoms with Crippen LogP contribution in [0.4, 0.5) is 0 Å². The first kappa shape index (κ1) is 18.9. The second kappa shape index (κ2) is 7.92. The fourth-order valence-electron chi connectivity index (χ4n) is 2.47. The van der Waals surface area contributed by atoms with Gasteiger partial charge in [-0.1, -0.05) is 0 Å². The van der Waals surface area contributed by atoms with Gasteiger partial charge in [0.2, 0.25) is 10.0 Å². The lowest BCUT2D eigenvalue weighted by Gasteiger charge is -2.22. The fourth-order valence-corrected chi connectivity index (χ4v) is 4.18. The van der Waals surface area contributed by atoms with E-state index in [1.165, 1.54) is 28.6 Å². The molecular weight excluding hydrogens is 328 g/mol. The van der Waals surface area contributed by atoms with E-state index >= 15 is 0 Å². The quantitative estimate of drug-likeness (QED) is 0.812. The third-order valence-electron chi connectivity index (χ3n) is 3.57. The Morgan fingerprint density at radius 2 is 2.00 bits per heavy atom. The van der Waals surface area contributed by atoms with E-state index in [2.05, 4.69) is 0 Å². The molecule has 8 heteroatoms. The van der Waals surface area contributed by atoms with Gasteiger partial charge in [-0.2, -0.15) is 4.31 Å². The molecule has 22 heavy (non-hydrogen) atoms. The highest BCUT2D eigenvalue weighted by molar-refractivity contribution is 7.89. The Balaban J connectivity index is 0.00000242. The molecule has 1 saturated heterocycles. The number of nitrogens with zero attached hydrogens (tertiary/aromatic N) is 1. The molecule has 1 fully saturated rings. The highest BCUT2D eigenvalue weighted by Crippen LogP contribution is 2.25. The largest absolute Gasteiger partial charge is 0.462 e. The molecule has 1 aliphatic heterocycles. The number of rotatable bonds is 5. The molecule has 0 aliphatic carbocycles. The van der Waals surface area contributed by atoms with Crippen molar-refractivity contribution in [1.29, 1.82) is 0 Å². The van der Waals surface area contributed by atoms with Crippen molar-refractivity contribution in [2.24, 2.45) is 5.73 Å². The molecule has 0 amide bonds. The maximum Gasteiger partial charge on any atom is 0.338 e. The fraction of sp³-hybridized carbons (Fsp3) is 0.500. The van der Waals surface area contributed by atoms with Gasteiger partial charge in [0.1, 0.15) is 0 Å². The van der Waals surface area contributed by atoms with Crippen LogP contribution < -0.4 is 5.73 Å². The predicted molar refractivity (Wildman–Crippen MR) is 85.6 cm³/mol. The SMILES string of the molecule is CCOC(=O)c1ccc(S(=O)(=O)N2CCCC2CN)cc1.Cl. The van der Waals surface area contributed by atoms with Gasteiger partial charge in [0, 0.05) is 19.1 Å². The van der Waals surface area contributed by atoms with Crippen LogP contribution in [0.5, 0.6) is 0 Å². The summed E-state index contributed by atoms with van der Waals surface area (Å²) in [6.45, 7) is 2.81. The average molecular weight is 349 g/mol. The minimum atomic E-state index is -3.55. The van der Waals surface area contributed by atoms with Crippen molar-refractivity contribution in [3.8, 4) is 0 Å². The lowest BCUT2D eigenvalue weighted by atomic mass is 10.2. The summed E-state index contributed by atoms with van der Waals surface area (Å²) in [5, 5.41) is 0. The van der Waals surface area contributed by atoms with Crippen LogP contribution in [0.15, 0.2) is 29.2 Å². The molecule has 0 radical (unpaired) electrons. The van der Waals surface area contributed by atoms with E-state index in [4.69, 9.17) is 10.5 Å². The summed E-state index contributed by atoms with van der Waals surface area (Å²) in [4.78, 5) is 11.7. The standard InChI is InChI=1S/C14H20N2O4S.ClH/c1-2-20-14(17)11-5-7-13(8-6-11)21(18,19)16-9-3-4-12(16)10-15;/h5-8,12H,2-4,9-10,15H2,1H3;1H. The Labute approximate surface area is 137 Å². The summed E-state index contributed by atoms with van der Waals surface area (Å²) in [5.41, 5.74) is 5.97. The van der Waals surface area contributed by atoms with Crippen LogP contribution in [0.3, 0.4) is 0 Å². The smallest absolute Gasteiger partial charge is 0.338 e. The zero-order valence-corrected chi connectivity index (χ0v) is 14.0. The summed E-state index contributed by atoms with van der Waals surface area (Å²) >= 11 is 0. The minimum Gasteiger partial charge on any atom is -0.462 e. The van der Waals surface area contributed by atoms with Crippen molar-refractivity contribution < 1.29 is 17.9 Å². The summed E-state index contributed by atoms with van der Waals surface area (Å²) < 4.78 is 31.5. The number of hydrogen-bond donors (Lipinski definition) is 1. The molecule has 2 rings (SSSR count). The zero-order valence-electron chi connectivity index (χ0n) is 12.4. The van der Waals surface area contributed by atoms with Gasteiger partial charge in [0.05, 0.1) is 17.1 Å². The monoisotopic (exact) mass is 348 g/mol. The molecule has 1 atom stereocenters. The van der Waals surface area contributed by atoms with Crippen molar-refractivity contribution in [2.45, 2.75) is 30.7 Å². The van der Waals surface area contributed by atoms with Crippen molar-refractivity contribution in [1.82, 2.24) is 4.31 Å². The molecule has 0 spiro atoms. The number of ether oxygens (including phenoxy) is 1. The predicted octanol–water partition coefficient (Wildman–Crippen LogP) is 1.40. The summed E-state index contributed by atoms with van der Waals surface area (Å²) in [7, 11) is -3.55. The van der Waals surface area contributed by atoms with E-state index in [0.717, 1.165) is 12.8 Å². The Hall–Kier alpha value is -1.15. The minimum absolute atomic E-state index is 0. The van der Waals surface area contributed by atoms with Crippen LogP contribution in [-0.2, 0) is 14.8 Å². The third kappa shape index (κ3) is 3.78. The molecule has 2 N–H and O–H groups in total. The molecule has 1 aromatic carbocycles. The first-order valence-corrected chi connectivity index (χ1v) is 8.43. The number of carbonyl (C=O) groups is 1. The summed E-state index contributed by atoms with van der Waals surface area (Å²) in [5.74, 6) is -0.456. The van der Waals surface area contributed by atoms with Crippen LogP contribution in [-0.4, -0.2) is 44.4 Å².